The van der Waals surface area contributed by atoms with Gasteiger partial charge in [0.1, 0.15) is 5.88 Å². The second-order valence-electron chi connectivity index (χ2n) is 3.55. The fourth-order valence-electron chi connectivity index (χ4n) is 1.39. The summed E-state index contributed by atoms with van der Waals surface area (Å²) in [7, 11) is 1.35. The number of esters is 1. The zero-order valence-corrected chi connectivity index (χ0v) is 10.5. The van der Waals surface area contributed by atoms with Crippen molar-refractivity contribution in [3.63, 3.8) is 0 Å². The maximum Gasteiger partial charge on any atom is 0.312 e. The molecule has 0 saturated carbocycles. The van der Waals surface area contributed by atoms with Crippen molar-refractivity contribution < 1.29 is 14.3 Å². The van der Waals surface area contributed by atoms with Crippen LogP contribution >= 0.6 is 11.6 Å². The first kappa shape index (κ1) is 13.5. The van der Waals surface area contributed by atoms with Crippen LogP contribution in [0.4, 0.5) is 5.69 Å². The number of halogens is 1. The van der Waals surface area contributed by atoms with Crippen molar-refractivity contribution in [2.75, 3.05) is 18.3 Å². The van der Waals surface area contributed by atoms with Gasteiger partial charge in [-0.3, -0.25) is 9.59 Å². The maximum absolute atomic E-state index is 11.4. The summed E-state index contributed by atoms with van der Waals surface area (Å²) >= 11 is 5.39. The van der Waals surface area contributed by atoms with Crippen molar-refractivity contribution >= 4 is 29.2 Å². The lowest BCUT2D eigenvalue weighted by molar-refractivity contribution is -0.142. The Morgan fingerprint density at radius 3 is 2.76 bits per heavy atom. The minimum absolute atomic E-state index is 0.100. The molecule has 0 bridgehead atoms. The van der Waals surface area contributed by atoms with Crippen LogP contribution in [-0.2, 0) is 14.3 Å². The van der Waals surface area contributed by atoms with E-state index in [1.54, 1.807) is 31.2 Å². The molecule has 0 heterocycles. The van der Waals surface area contributed by atoms with Crippen molar-refractivity contribution in [1.29, 1.82) is 0 Å². The quantitative estimate of drug-likeness (QED) is 0.662. The Kier molecular flexibility index (Phi) is 4.97. The van der Waals surface area contributed by atoms with Crippen LogP contribution in [-0.4, -0.2) is 24.9 Å². The van der Waals surface area contributed by atoms with Crippen molar-refractivity contribution in [3.8, 4) is 0 Å². The second-order valence-corrected chi connectivity index (χ2v) is 3.82. The number of nitrogens with one attached hydrogen (secondary N) is 1. The molecule has 0 aliphatic heterocycles. The summed E-state index contributed by atoms with van der Waals surface area (Å²) in [6.45, 7) is 1.74. The third-order valence-electron chi connectivity index (χ3n) is 2.35. The Morgan fingerprint density at radius 1 is 1.47 bits per heavy atom. The van der Waals surface area contributed by atoms with E-state index in [9.17, 15) is 9.59 Å². The predicted molar refractivity (Wildman–Crippen MR) is 66.2 cm³/mol. The van der Waals surface area contributed by atoms with E-state index in [0.717, 1.165) is 5.56 Å². The lowest BCUT2D eigenvalue weighted by Gasteiger charge is -2.11. The molecule has 5 heteroatoms. The fourth-order valence-corrected chi connectivity index (χ4v) is 1.46. The molecule has 0 fully saturated rings. The molecule has 0 saturated heterocycles. The van der Waals surface area contributed by atoms with E-state index in [1.165, 1.54) is 7.11 Å². The number of rotatable bonds is 4. The van der Waals surface area contributed by atoms with Crippen LogP contribution in [0.5, 0.6) is 0 Å². The third-order valence-corrected chi connectivity index (χ3v) is 2.59. The third kappa shape index (κ3) is 3.75. The average molecular weight is 256 g/mol. The van der Waals surface area contributed by atoms with E-state index < -0.39 is 0 Å². The molecular formula is C12H14ClNO3. The first-order chi connectivity index (χ1) is 8.08. The van der Waals surface area contributed by atoms with Crippen molar-refractivity contribution in [2.24, 2.45) is 0 Å². The number of hydrogen-bond donors (Lipinski definition) is 1. The highest BCUT2D eigenvalue weighted by Crippen LogP contribution is 2.20. The van der Waals surface area contributed by atoms with E-state index in [0.29, 0.717) is 5.69 Å². The molecule has 0 aliphatic rings. The normalized spacial score (nSPS) is 11.7. The summed E-state index contributed by atoms with van der Waals surface area (Å²) < 4.78 is 4.66. The van der Waals surface area contributed by atoms with Crippen molar-refractivity contribution in [1.82, 2.24) is 0 Å². The van der Waals surface area contributed by atoms with Gasteiger partial charge in [-0.15, -0.1) is 11.6 Å². The van der Waals surface area contributed by atoms with E-state index in [2.05, 4.69) is 10.1 Å². The smallest absolute Gasteiger partial charge is 0.312 e. The highest BCUT2D eigenvalue weighted by Gasteiger charge is 2.15. The van der Waals surface area contributed by atoms with Gasteiger partial charge in [-0.1, -0.05) is 12.1 Å². The van der Waals surface area contributed by atoms with Crippen LogP contribution in [0.3, 0.4) is 0 Å². The Labute approximate surface area is 105 Å². The lowest BCUT2D eigenvalue weighted by Crippen LogP contribution is -2.14. The van der Waals surface area contributed by atoms with Crippen LogP contribution in [0.25, 0.3) is 0 Å². The molecule has 4 nitrogen and oxygen atoms in total. The number of methoxy groups -OCH3 is 1. The Morgan fingerprint density at radius 2 is 2.18 bits per heavy atom. The van der Waals surface area contributed by atoms with Gasteiger partial charge < -0.3 is 10.1 Å². The molecule has 0 radical (unpaired) electrons. The van der Waals surface area contributed by atoms with Crippen LogP contribution in [0, 0.1) is 0 Å². The molecule has 1 amide bonds. The summed E-state index contributed by atoms with van der Waals surface area (Å²) in [4.78, 5) is 22.5. The molecule has 92 valence electrons. The van der Waals surface area contributed by atoms with E-state index >= 15 is 0 Å². The standard InChI is InChI=1S/C12H14ClNO3/c1-8(12(16)17-2)9-4-3-5-10(6-9)14-11(15)7-13/h3-6,8H,7H2,1-2H3,(H,14,15). The minimum Gasteiger partial charge on any atom is -0.469 e. The summed E-state index contributed by atoms with van der Waals surface area (Å²) in [5, 5.41) is 2.62. The average Bonchev–Trinajstić information content (AvgIpc) is 2.37. The summed E-state index contributed by atoms with van der Waals surface area (Å²) in [5.74, 6) is -1.07. The number of hydrogen-bond acceptors (Lipinski definition) is 3. The zero-order valence-electron chi connectivity index (χ0n) is 9.70. The molecule has 0 spiro atoms. The molecule has 1 atom stereocenters. The summed E-state index contributed by atoms with van der Waals surface area (Å²) in [5.41, 5.74) is 1.40. The number of amides is 1. The van der Waals surface area contributed by atoms with Crippen LogP contribution in [0.15, 0.2) is 24.3 Å². The Balaban J connectivity index is 2.85. The van der Waals surface area contributed by atoms with Gasteiger partial charge in [0.05, 0.1) is 13.0 Å². The van der Waals surface area contributed by atoms with Gasteiger partial charge in [0.2, 0.25) is 5.91 Å². The number of ether oxygens (including phenoxy) is 1. The van der Waals surface area contributed by atoms with Gasteiger partial charge in [-0.2, -0.15) is 0 Å². The van der Waals surface area contributed by atoms with Gasteiger partial charge in [0.15, 0.2) is 0 Å². The largest absolute Gasteiger partial charge is 0.469 e. The molecular weight excluding hydrogens is 242 g/mol. The summed E-state index contributed by atoms with van der Waals surface area (Å²) in [6, 6.07) is 7.03. The number of benzene rings is 1. The van der Waals surface area contributed by atoms with Crippen LogP contribution in [0.1, 0.15) is 18.4 Å². The van der Waals surface area contributed by atoms with E-state index in [4.69, 9.17) is 11.6 Å². The van der Waals surface area contributed by atoms with Crippen molar-refractivity contribution in [3.05, 3.63) is 29.8 Å². The number of carbonyl (C=O) groups excluding carboxylic acids is 2. The summed E-state index contributed by atoms with van der Waals surface area (Å²) in [6.07, 6.45) is 0. The molecule has 17 heavy (non-hydrogen) atoms. The van der Waals surface area contributed by atoms with Crippen LogP contribution < -0.4 is 5.32 Å². The Hall–Kier alpha value is -1.55. The maximum atomic E-state index is 11.4. The monoisotopic (exact) mass is 255 g/mol. The lowest BCUT2D eigenvalue weighted by atomic mass is 10.0. The van der Waals surface area contributed by atoms with Crippen LogP contribution in [0.2, 0.25) is 0 Å². The van der Waals surface area contributed by atoms with E-state index in [-0.39, 0.29) is 23.7 Å². The second kappa shape index (κ2) is 6.25. The molecule has 1 N–H and O–H groups in total. The molecule has 0 aliphatic carbocycles. The molecule has 1 aromatic rings. The highest BCUT2D eigenvalue weighted by molar-refractivity contribution is 6.29. The number of carbonyl (C=O) groups is 2. The first-order valence-electron chi connectivity index (χ1n) is 5.12. The van der Waals surface area contributed by atoms with Gasteiger partial charge in [-0.05, 0) is 24.6 Å². The van der Waals surface area contributed by atoms with Gasteiger partial charge in [-0.25, -0.2) is 0 Å². The highest BCUT2D eigenvalue weighted by atomic mass is 35.5. The Bertz CT molecular complexity index is 420. The number of anilines is 1. The number of alkyl halides is 1. The van der Waals surface area contributed by atoms with E-state index in [1.807, 2.05) is 0 Å². The molecule has 0 aromatic heterocycles. The zero-order chi connectivity index (χ0) is 12.8. The predicted octanol–water partition coefficient (Wildman–Crippen LogP) is 2.14. The SMILES string of the molecule is COC(=O)C(C)c1cccc(NC(=O)CCl)c1. The first-order valence-corrected chi connectivity index (χ1v) is 5.65. The molecule has 1 rings (SSSR count). The molecule has 1 aromatic carbocycles. The van der Waals surface area contributed by atoms with Gasteiger partial charge >= 0.3 is 5.97 Å². The minimum atomic E-state index is -0.368. The molecule has 1 unspecified atom stereocenters. The van der Waals surface area contributed by atoms with Gasteiger partial charge in [0, 0.05) is 5.69 Å². The fraction of sp³-hybridized carbons (Fsp3) is 0.333. The topological polar surface area (TPSA) is 55.4 Å². The van der Waals surface area contributed by atoms with Gasteiger partial charge in [0.25, 0.3) is 0 Å². The van der Waals surface area contributed by atoms with Crippen molar-refractivity contribution in [2.45, 2.75) is 12.8 Å².